The molecule has 1 fully saturated rings. The van der Waals surface area contributed by atoms with Crippen molar-refractivity contribution in [3.8, 4) is 17.3 Å². The molecule has 3 aromatic heterocycles. The quantitative estimate of drug-likeness (QED) is 0.691. The number of hydrogen-bond donors (Lipinski definition) is 1. The van der Waals surface area contributed by atoms with Crippen molar-refractivity contribution in [2.75, 3.05) is 29.9 Å². The first-order chi connectivity index (χ1) is 13.8. The molecule has 0 aliphatic carbocycles. The van der Waals surface area contributed by atoms with Gasteiger partial charge in [-0.25, -0.2) is 19.9 Å². The van der Waals surface area contributed by atoms with E-state index in [9.17, 15) is 0 Å². The lowest BCUT2D eigenvalue weighted by Gasteiger charge is -2.32. The average Bonchev–Trinajstić information content (AvgIpc) is 2.76. The van der Waals surface area contributed by atoms with Crippen LogP contribution in [0.3, 0.4) is 0 Å². The van der Waals surface area contributed by atoms with E-state index in [1.54, 1.807) is 24.8 Å². The minimum Gasteiger partial charge on any atom is -0.478 e. The predicted octanol–water partition coefficient (Wildman–Crippen LogP) is 2.20. The van der Waals surface area contributed by atoms with Gasteiger partial charge in [-0.2, -0.15) is 0 Å². The third-order valence-electron chi connectivity index (χ3n) is 4.53. The van der Waals surface area contributed by atoms with E-state index in [1.165, 1.54) is 6.33 Å². The van der Waals surface area contributed by atoms with Crippen LogP contribution in [0.4, 0.5) is 11.8 Å². The second-order valence-corrected chi connectivity index (χ2v) is 6.41. The van der Waals surface area contributed by atoms with E-state index in [2.05, 4.69) is 40.1 Å². The average molecular weight is 378 g/mol. The Morgan fingerprint density at radius 1 is 1.07 bits per heavy atom. The molecule has 0 unspecified atom stereocenters. The van der Waals surface area contributed by atoms with Crippen molar-refractivity contribution in [2.45, 2.75) is 25.8 Å². The molecule has 0 aromatic carbocycles. The number of piperidine rings is 1. The van der Waals surface area contributed by atoms with Gasteiger partial charge in [-0.05, 0) is 25.8 Å². The van der Waals surface area contributed by atoms with Crippen LogP contribution in [0, 0.1) is 0 Å². The maximum atomic E-state index is 5.43. The monoisotopic (exact) mass is 378 g/mol. The van der Waals surface area contributed by atoms with Gasteiger partial charge in [0.1, 0.15) is 17.8 Å². The molecule has 0 spiro atoms. The van der Waals surface area contributed by atoms with Crippen LogP contribution in [-0.2, 0) is 0 Å². The van der Waals surface area contributed by atoms with Crippen molar-refractivity contribution in [2.24, 2.45) is 0 Å². The van der Waals surface area contributed by atoms with Gasteiger partial charge in [0, 0.05) is 43.8 Å². The van der Waals surface area contributed by atoms with E-state index in [0.29, 0.717) is 18.5 Å². The second kappa shape index (κ2) is 8.55. The predicted molar refractivity (Wildman–Crippen MR) is 105 cm³/mol. The van der Waals surface area contributed by atoms with Gasteiger partial charge in [-0.15, -0.1) is 0 Å². The van der Waals surface area contributed by atoms with Gasteiger partial charge in [0.25, 0.3) is 0 Å². The minimum absolute atomic E-state index is 0.337. The lowest BCUT2D eigenvalue weighted by molar-refractivity contribution is 0.326. The van der Waals surface area contributed by atoms with Crippen LogP contribution in [0.5, 0.6) is 5.88 Å². The molecule has 4 rings (SSSR count). The largest absolute Gasteiger partial charge is 0.478 e. The van der Waals surface area contributed by atoms with Crippen molar-refractivity contribution in [3.63, 3.8) is 0 Å². The zero-order valence-corrected chi connectivity index (χ0v) is 15.7. The van der Waals surface area contributed by atoms with E-state index in [1.807, 2.05) is 19.1 Å². The molecule has 9 nitrogen and oxygen atoms in total. The Labute approximate surface area is 163 Å². The van der Waals surface area contributed by atoms with Crippen LogP contribution in [0.1, 0.15) is 19.8 Å². The lowest BCUT2D eigenvalue weighted by Crippen LogP contribution is -2.40. The fourth-order valence-corrected chi connectivity index (χ4v) is 3.15. The first-order valence-corrected chi connectivity index (χ1v) is 9.37. The molecular formula is C19H22N8O. The van der Waals surface area contributed by atoms with Crippen molar-refractivity contribution >= 4 is 11.8 Å². The Kier molecular flexibility index (Phi) is 5.51. The molecule has 0 radical (unpaired) electrons. The molecule has 144 valence electrons. The number of aromatic nitrogens is 6. The van der Waals surface area contributed by atoms with Gasteiger partial charge >= 0.3 is 0 Å². The number of nitrogens with one attached hydrogen (secondary N) is 1. The van der Waals surface area contributed by atoms with Gasteiger partial charge in [-0.3, -0.25) is 9.97 Å². The normalized spacial score (nSPS) is 14.7. The summed E-state index contributed by atoms with van der Waals surface area (Å²) in [6, 6.07) is 4.03. The van der Waals surface area contributed by atoms with Crippen molar-refractivity contribution in [3.05, 3.63) is 43.2 Å². The summed E-state index contributed by atoms with van der Waals surface area (Å²) in [6.45, 7) is 4.25. The number of rotatable bonds is 6. The zero-order chi connectivity index (χ0) is 19.2. The summed E-state index contributed by atoms with van der Waals surface area (Å²) in [5.41, 5.74) is 1.53. The maximum Gasteiger partial charge on any atom is 0.225 e. The molecular weight excluding hydrogens is 356 g/mol. The molecule has 0 amide bonds. The number of nitrogens with zero attached hydrogens (tertiary/aromatic N) is 7. The van der Waals surface area contributed by atoms with E-state index < -0.39 is 0 Å². The van der Waals surface area contributed by atoms with Gasteiger partial charge in [-0.1, -0.05) is 0 Å². The number of ether oxygens (including phenoxy) is 1. The number of hydrogen-bond acceptors (Lipinski definition) is 9. The maximum absolute atomic E-state index is 5.43. The summed E-state index contributed by atoms with van der Waals surface area (Å²) in [6.07, 6.45) is 10.2. The van der Waals surface area contributed by atoms with Crippen LogP contribution in [0.25, 0.3) is 11.4 Å². The molecule has 1 saturated heterocycles. The number of anilines is 2. The highest BCUT2D eigenvalue weighted by atomic mass is 16.5. The summed E-state index contributed by atoms with van der Waals surface area (Å²) in [7, 11) is 0. The Morgan fingerprint density at radius 2 is 1.96 bits per heavy atom. The summed E-state index contributed by atoms with van der Waals surface area (Å²) >= 11 is 0. The summed E-state index contributed by atoms with van der Waals surface area (Å²) in [4.78, 5) is 28.1. The molecule has 28 heavy (non-hydrogen) atoms. The first kappa shape index (κ1) is 18.0. The summed E-state index contributed by atoms with van der Waals surface area (Å²) < 4.78 is 5.43. The second-order valence-electron chi connectivity index (χ2n) is 6.41. The lowest BCUT2D eigenvalue weighted by atomic mass is 10.1. The summed E-state index contributed by atoms with van der Waals surface area (Å²) in [5, 5.41) is 3.47. The Morgan fingerprint density at radius 3 is 2.75 bits per heavy atom. The van der Waals surface area contributed by atoms with E-state index in [4.69, 9.17) is 4.74 Å². The van der Waals surface area contributed by atoms with E-state index >= 15 is 0 Å². The standard InChI is InChI=1S/C19H22N8O/c1-2-28-18-11-17(23-13-24-18)25-14-4-9-27(10-5-14)19-22-6-3-15(26-19)16-12-20-7-8-21-16/h3,6-8,11-14H,2,4-5,9-10H2,1H3,(H,23,24,25). The third-order valence-corrected chi connectivity index (χ3v) is 4.53. The fourth-order valence-electron chi connectivity index (χ4n) is 3.15. The zero-order valence-electron chi connectivity index (χ0n) is 15.7. The van der Waals surface area contributed by atoms with E-state index in [0.717, 1.165) is 49.1 Å². The van der Waals surface area contributed by atoms with Crippen LogP contribution >= 0.6 is 0 Å². The SMILES string of the molecule is CCOc1cc(NC2CCN(c3nccc(-c4cnccn4)n3)CC2)ncn1. The third kappa shape index (κ3) is 4.30. The highest BCUT2D eigenvalue weighted by Crippen LogP contribution is 2.21. The molecule has 0 bridgehead atoms. The van der Waals surface area contributed by atoms with Crippen molar-refractivity contribution < 1.29 is 4.74 Å². The Hall–Kier alpha value is -3.36. The van der Waals surface area contributed by atoms with E-state index in [-0.39, 0.29) is 0 Å². The highest BCUT2D eigenvalue weighted by Gasteiger charge is 2.21. The summed E-state index contributed by atoms with van der Waals surface area (Å²) in [5.74, 6) is 2.10. The molecule has 0 saturated carbocycles. The first-order valence-electron chi connectivity index (χ1n) is 9.37. The molecule has 1 aliphatic heterocycles. The fraction of sp³-hybridized carbons (Fsp3) is 0.368. The Balaban J connectivity index is 1.37. The molecule has 3 aromatic rings. The van der Waals surface area contributed by atoms with Crippen LogP contribution < -0.4 is 15.0 Å². The topological polar surface area (TPSA) is 102 Å². The van der Waals surface area contributed by atoms with Crippen LogP contribution in [0.2, 0.25) is 0 Å². The van der Waals surface area contributed by atoms with Gasteiger partial charge in [0.05, 0.1) is 18.5 Å². The van der Waals surface area contributed by atoms with Gasteiger partial charge < -0.3 is 15.0 Å². The molecule has 1 aliphatic rings. The minimum atomic E-state index is 0.337. The highest BCUT2D eigenvalue weighted by molar-refractivity contribution is 5.54. The van der Waals surface area contributed by atoms with Crippen LogP contribution in [-0.4, -0.2) is 55.6 Å². The van der Waals surface area contributed by atoms with Gasteiger partial charge in [0.2, 0.25) is 11.8 Å². The molecule has 1 N–H and O–H groups in total. The molecule has 9 heteroatoms. The Bertz CT molecular complexity index is 899. The van der Waals surface area contributed by atoms with Crippen LogP contribution in [0.15, 0.2) is 43.2 Å². The van der Waals surface area contributed by atoms with Crippen molar-refractivity contribution in [1.82, 2.24) is 29.9 Å². The smallest absolute Gasteiger partial charge is 0.225 e. The molecule has 4 heterocycles. The van der Waals surface area contributed by atoms with Gasteiger partial charge in [0.15, 0.2) is 0 Å². The molecule has 0 atom stereocenters. The van der Waals surface area contributed by atoms with Crippen molar-refractivity contribution in [1.29, 1.82) is 0 Å².